The molecule has 0 radical (unpaired) electrons. The predicted octanol–water partition coefficient (Wildman–Crippen LogP) is 2.94. The lowest BCUT2D eigenvalue weighted by atomic mass is 10.0. The van der Waals surface area contributed by atoms with Crippen molar-refractivity contribution in [3.8, 4) is 0 Å². The highest BCUT2D eigenvalue weighted by Crippen LogP contribution is 2.20. The van der Waals surface area contributed by atoms with Crippen molar-refractivity contribution in [2.24, 2.45) is 0 Å². The number of hydroxylamine groups is 1. The van der Waals surface area contributed by atoms with E-state index in [0.717, 1.165) is 32.6 Å². The van der Waals surface area contributed by atoms with Crippen LogP contribution in [0.3, 0.4) is 0 Å². The van der Waals surface area contributed by atoms with Crippen molar-refractivity contribution in [2.75, 3.05) is 19.6 Å². The standard InChI is InChI=1S/C22H29N3O2/c1-17-14-24(13-12-19-6-4-3-5-7-19)15-18(2)25(17)16-20-8-10-21(11-9-20)22(26)23-27/h3-11,17-18,27H,12-16H2,1-2H3,(H,23,26)/t17-,18?/m0/s1. The summed E-state index contributed by atoms with van der Waals surface area (Å²) in [5.41, 5.74) is 4.71. The first-order valence-electron chi connectivity index (χ1n) is 9.62. The van der Waals surface area contributed by atoms with Crippen molar-refractivity contribution in [2.45, 2.75) is 38.9 Å². The molecule has 1 fully saturated rings. The van der Waals surface area contributed by atoms with Gasteiger partial charge in [0, 0.05) is 43.8 Å². The number of nitrogens with zero attached hydrogens (tertiary/aromatic N) is 2. The summed E-state index contributed by atoms with van der Waals surface area (Å²) in [4.78, 5) is 16.5. The molecule has 5 heteroatoms. The molecule has 0 aromatic heterocycles. The van der Waals surface area contributed by atoms with Crippen molar-refractivity contribution in [3.05, 3.63) is 71.3 Å². The molecule has 1 unspecified atom stereocenters. The average Bonchev–Trinajstić information content (AvgIpc) is 2.70. The van der Waals surface area contributed by atoms with Crippen molar-refractivity contribution >= 4 is 5.91 Å². The van der Waals surface area contributed by atoms with Gasteiger partial charge >= 0.3 is 0 Å². The van der Waals surface area contributed by atoms with Gasteiger partial charge in [-0.1, -0.05) is 42.5 Å². The predicted molar refractivity (Wildman–Crippen MR) is 107 cm³/mol. The first kappa shape index (κ1) is 19.5. The molecule has 1 heterocycles. The molecule has 0 saturated carbocycles. The van der Waals surface area contributed by atoms with E-state index < -0.39 is 5.91 Å². The zero-order chi connectivity index (χ0) is 19.2. The maximum absolute atomic E-state index is 11.4. The summed E-state index contributed by atoms with van der Waals surface area (Å²) in [6.07, 6.45) is 1.09. The average molecular weight is 367 g/mol. The van der Waals surface area contributed by atoms with Crippen molar-refractivity contribution in [1.82, 2.24) is 15.3 Å². The van der Waals surface area contributed by atoms with Crippen LogP contribution in [0.25, 0.3) is 0 Å². The molecule has 1 aliphatic rings. The van der Waals surface area contributed by atoms with Crippen LogP contribution in [0.5, 0.6) is 0 Å². The van der Waals surface area contributed by atoms with Gasteiger partial charge in [-0.2, -0.15) is 0 Å². The van der Waals surface area contributed by atoms with Gasteiger partial charge < -0.3 is 0 Å². The van der Waals surface area contributed by atoms with E-state index in [0.29, 0.717) is 17.6 Å². The lowest BCUT2D eigenvalue weighted by Crippen LogP contribution is -2.56. The summed E-state index contributed by atoms with van der Waals surface area (Å²) in [5.74, 6) is -0.477. The number of rotatable bonds is 6. The molecule has 0 bridgehead atoms. The lowest BCUT2D eigenvalue weighted by Gasteiger charge is -2.44. The Kier molecular flexibility index (Phi) is 6.61. The van der Waals surface area contributed by atoms with Gasteiger partial charge in [-0.25, -0.2) is 5.48 Å². The second-order valence-corrected chi connectivity index (χ2v) is 7.50. The van der Waals surface area contributed by atoms with E-state index in [2.05, 4.69) is 54.0 Å². The van der Waals surface area contributed by atoms with Gasteiger partial charge in [-0.15, -0.1) is 0 Å². The Hall–Kier alpha value is -2.21. The largest absolute Gasteiger partial charge is 0.300 e. The number of hydrogen-bond donors (Lipinski definition) is 2. The van der Waals surface area contributed by atoms with Gasteiger partial charge in [0.15, 0.2) is 0 Å². The molecule has 3 rings (SSSR count). The molecule has 2 aromatic rings. The van der Waals surface area contributed by atoms with Crippen molar-refractivity contribution in [3.63, 3.8) is 0 Å². The Morgan fingerprint density at radius 1 is 1.00 bits per heavy atom. The highest BCUT2D eigenvalue weighted by atomic mass is 16.5. The number of carbonyl (C=O) groups is 1. The number of hydrogen-bond acceptors (Lipinski definition) is 4. The number of nitrogens with one attached hydrogen (secondary N) is 1. The zero-order valence-corrected chi connectivity index (χ0v) is 16.1. The fourth-order valence-corrected chi connectivity index (χ4v) is 3.93. The molecular weight excluding hydrogens is 338 g/mol. The van der Waals surface area contributed by atoms with Crippen LogP contribution in [0.15, 0.2) is 54.6 Å². The summed E-state index contributed by atoms with van der Waals surface area (Å²) in [6, 6.07) is 19.1. The third-order valence-corrected chi connectivity index (χ3v) is 5.42. The highest BCUT2D eigenvalue weighted by Gasteiger charge is 2.29. The molecule has 1 amide bonds. The Morgan fingerprint density at radius 3 is 2.22 bits per heavy atom. The smallest absolute Gasteiger partial charge is 0.274 e. The van der Waals surface area contributed by atoms with E-state index in [-0.39, 0.29) is 0 Å². The third-order valence-electron chi connectivity index (χ3n) is 5.42. The van der Waals surface area contributed by atoms with E-state index in [9.17, 15) is 4.79 Å². The number of carbonyl (C=O) groups excluding carboxylic acids is 1. The molecule has 0 spiro atoms. The first-order chi connectivity index (χ1) is 13.1. The van der Waals surface area contributed by atoms with Crippen LogP contribution < -0.4 is 5.48 Å². The van der Waals surface area contributed by atoms with Gasteiger partial charge in [0.25, 0.3) is 5.91 Å². The van der Waals surface area contributed by atoms with Gasteiger partial charge in [0.05, 0.1) is 0 Å². The molecular formula is C22H29N3O2. The molecule has 1 aliphatic heterocycles. The molecule has 2 aromatic carbocycles. The molecule has 0 aliphatic carbocycles. The van der Waals surface area contributed by atoms with E-state index in [1.54, 1.807) is 17.6 Å². The third kappa shape index (κ3) is 5.16. The summed E-state index contributed by atoms with van der Waals surface area (Å²) in [7, 11) is 0. The Labute approximate surface area is 161 Å². The van der Waals surface area contributed by atoms with Crippen molar-refractivity contribution in [1.29, 1.82) is 0 Å². The molecule has 5 nitrogen and oxygen atoms in total. The van der Waals surface area contributed by atoms with E-state index in [1.807, 2.05) is 12.1 Å². The quantitative estimate of drug-likeness (QED) is 0.609. The summed E-state index contributed by atoms with van der Waals surface area (Å²) < 4.78 is 0. The maximum Gasteiger partial charge on any atom is 0.274 e. The minimum atomic E-state index is -0.477. The SMILES string of the molecule is CC1CN(CCc2ccccc2)C[C@H](C)N1Cc1ccc(C(=O)NO)cc1. The van der Waals surface area contributed by atoms with Crippen LogP contribution in [0.4, 0.5) is 0 Å². The van der Waals surface area contributed by atoms with Crippen LogP contribution >= 0.6 is 0 Å². The maximum atomic E-state index is 11.4. The lowest BCUT2D eigenvalue weighted by molar-refractivity contribution is 0.0334. The summed E-state index contributed by atoms with van der Waals surface area (Å²) in [6.45, 7) is 8.69. The molecule has 1 saturated heterocycles. The van der Waals surface area contributed by atoms with Gasteiger partial charge in [0.1, 0.15) is 0 Å². The Balaban J connectivity index is 1.55. The molecule has 2 atom stereocenters. The first-order valence-corrected chi connectivity index (χ1v) is 9.62. The van der Waals surface area contributed by atoms with E-state index >= 15 is 0 Å². The number of benzene rings is 2. The van der Waals surface area contributed by atoms with Crippen molar-refractivity contribution < 1.29 is 10.0 Å². The van der Waals surface area contributed by atoms with Gasteiger partial charge in [-0.3, -0.25) is 19.8 Å². The van der Waals surface area contributed by atoms with Crippen LogP contribution in [0, 0.1) is 0 Å². The Morgan fingerprint density at radius 2 is 1.63 bits per heavy atom. The second-order valence-electron chi connectivity index (χ2n) is 7.50. The van der Waals surface area contributed by atoms with E-state index in [4.69, 9.17) is 5.21 Å². The minimum Gasteiger partial charge on any atom is -0.300 e. The topological polar surface area (TPSA) is 55.8 Å². The molecule has 2 N–H and O–H groups in total. The van der Waals surface area contributed by atoms with Gasteiger partial charge in [-0.05, 0) is 43.5 Å². The fourth-order valence-electron chi connectivity index (χ4n) is 3.93. The van der Waals surface area contributed by atoms with Crippen LogP contribution in [0.1, 0.15) is 35.3 Å². The number of piperazine rings is 1. The molecule has 27 heavy (non-hydrogen) atoms. The van der Waals surface area contributed by atoms with E-state index in [1.165, 1.54) is 11.1 Å². The summed E-state index contributed by atoms with van der Waals surface area (Å²) >= 11 is 0. The van der Waals surface area contributed by atoms with Crippen LogP contribution in [-0.4, -0.2) is 52.6 Å². The highest BCUT2D eigenvalue weighted by molar-refractivity contribution is 5.93. The molecule has 144 valence electrons. The van der Waals surface area contributed by atoms with Gasteiger partial charge in [0.2, 0.25) is 0 Å². The summed E-state index contributed by atoms with van der Waals surface area (Å²) in [5, 5.41) is 8.72. The zero-order valence-electron chi connectivity index (χ0n) is 16.1. The van der Waals surface area contributed by atoms with Crippen LogP contribution in [-0.2, 0) is 13.0 Å². The monoisotopic (exact) mass is 367 g/mol. The number of amides is 1. The second kappa shape index (κ2) is 9.13. The van der Waals surface area contributed by atoms with Crippen LogP contribution in [0.2, 0.25) is 0 Å². The Bertz CT molecular complexity index is 721. The fraction of sp³-hybridized carbons (Fsp3) is 0.409. The normalized spacial score (nSPS) is 21.1. The minimum absolute atomic E-state index is 0.466.